The van der Waals surface area contributed by atoms with Crippen LogP contribution < -0.4 is 0 Å². The number of likely N-dealkylation sites (tertiary alicyclic amines) is 1. The highest BCUT2D eigenvalue weighted by Gasteiger charge is 2.28. The second-order valence-corrected chi connectivity index (χ2v) is 5.72. The topological polar surface area (TPSA) is 34.0 Å². The molecular formula is C13H22N4. The minimum absolute atomic E-state index is 0.499. The number of hydrogen-bond donors (Lipinski definition) is 0. The fraction of sp³-hybridized carbons (Fsp3) is 0.846. The Morgan fingerprint density at radius 3 is 2.82 bits per heavy atom. The third-order valence-electron chi connectivity index (χ3n) is 4.30. The van der Waals surface area contributed by atoms with E-state index in [0.29, 0.717) is 6.04 Å². The molecule has 0 aliphatic carbocycles. The maximum absolute atomic E-state index is 4.48. The molecule has 1 aromatic heterocycles. The fourth-order valence-electron chi connectivity index (χ4n) is 3.15. The number of rotatable bonds is 1. The molecule has 3 rings (SSSR count). The minimum atomic E-state index is 0.499. The SMILES string of the molecule is CC1CCn2c(nnc2C2CCCCN2C)C1. The summed E-state index contributed by atoms with van der Waals surface area (Å²) in [6, 6.07) is 0.499. The predicted octanol–water partition coefficient (Wildman–Crippen LogP) is 2.02. The van der Waals surface area contributed by atoms with Crippen molar-refractivity contribution in [3.05, 3.63) is 11.6 Å². The number of piperidine rings is 1. The van der Waals surface area contributed by atoms with E-state index in [0.717, 1.165) is 18.9 Å². The van der Waals surface area contributed by atoms with Crippen LogP contribution in [0.25, 0.3) is 0 Å². The van der Waals surface area contributed by atoms with Crippen molar-refractivity contribution in [3.63, 3.8) is 0 Å². The highest BCUT2D eigenvalue weighted by Crippen LogP contribution is 2.30. The summed E-state index contributed by atoms with van der Waals surface area (Å²) in [7, 11) is 2.22. The van der Waals surface area contributed by atoms with Crippen molar-refractivity contribution in [1.29, 1.82) is 0 Å². The van der Waals surface area contributed by atoms with Gasteiger partial charge in [-0.15, -0.1) is 10.2 Å². The van der Waals surface area contributed by atoms with Gasteiger partial charge in [0.15, 0.2) is 0 Å². The molecule has 4 heteroatoms. The molecule has 2 unspecified atom stereocenters. The van der Waals surface area contributed by atoms with E-state index in [-0.39, 0.29) is 0 Å². The first-order valence-corrected chi connectivity index (χ1v) is 6.88. The monoisotopic (exact) mass is 234 g/mol. The van der Waals surface area contributed by atoms with Gasteiger partial charge in [0.25, 0.3) is 0 Å². The van der Waals surface area contributed by atoms with Gasteiger partial charge in [-0.25, -0.2) is 0 Å². The lowest BCUT2D eigenvalue weighted by Gasteiger charge is -2.32. The molecule has 1 saturated heterocycles. The first-order valence-electron chi connectivity index (χ1n) is 6.88. The molecule has 0 aromatic carbocycles. The molecular weight excluding hydrogens is 212 g/mol. The highest BCUT2D eigenvalue weighted by molar-refractivity contribution is 5.05. The van der Waals surface area contributed by atoms with Crippen LogP contribution in [-0.2, 0) is 13.0 Å². The molecule has 2 aliphatic heterocycles. The smallest absolute Gasteiger partial charge is 0.150 e. The zero-order valence-electron chi connectivity index (χ0n) is 10.9. The zero-order valence-corrected chi connectivity index (χ0v) is 10.9. The van der Waals surface area contributed by atoms with Gasteiger partial charge in [-0.1, -0.05) is 13.3 Å². The van der Waals surface area contributed by atoms with Crippen molar-refractivity contribution >= 4 is 0 Å². The van der Waals surface area contributed by atoms with E-state index >= 15 is 0 Å². The number of fused-ring (bicyclic) bond motifs is 1. The first-order chi connectivity index (χ1) is 8.25. The van der Waals surface area contributed by atoms with Gasteiger partial charge < -0.3 is 4.57 Å². The Bertz CT molecular complexity index is 398. The summed E-state index contributed by atoms with van der Waals surface area (Å²) in [5.41, 5.74) is 0. The van der Waals surface area contributed by atoms with Crippen LogP contribution in [0.4, 0.5) is 0 Å². The summed E-state index contributed by atoms with van der Waals surface area (Å²) in [6.07, 6.45) is 6.26. The van der Waals surface area contributed by atoms with Crippen molar-refractivity contribution in [2.45, 2.75) is 51.6 Å². The van der Waals surface area contributed by atoms with Gasteiger partial charge >= 0.3 is 0 Å². The zero-order chi connectivity index (χ0) is 11.8. The van der Waals surface area contributed by atoms with E-state index in [4.69, 9.17) is 0 Å². The van der Waals surface area contributed by atoms with Crippen LogP contribution in [0.15, 0.2) is 0 Å². The normalized spacial score (nSPS) is 30.2. The van der Waals surface area contributed by atoms with Gasteiger partial charge in [0.05, 0.1) is 6.04 Å². The van der Waals surface area contributed by atoms with Crippen molar-refractivity contribution in [3.8, 4) is 0 Å². The molecule has 0 radical (unpaired) electrons. The summed E-state index contributed by atoms with van der Waals surface area (Å²) in [4.78, 5) is 2.44. The van der Waals surface area contributed by atoms with Crippen molar-refractivity contribution in [2.24, 2.45) is 5.92 Å². The Hall–Kier alpha value is -0.900. The largest absolute Gasteiger partial charge is 0.314 e. The molecule has 0 spiro atoms. The highest BCUT2D eigenvalue weighted by atomic mass is 15.3. The lowest BCUT2D eigenvalue weighted by molar-refractivity contribution is 0.173. The van der Waals surface area contributed by atoms with Gasteiger partial charge in [0.1, 0.15) is 11.6 Å². The quantitative estimate of drug-likeness (QED) is 0.745. The molecule has 1 aromatic rings. The average Bonchev–Trinajstić information content (AvgIpc) is 2.72. The van der Waals surface area contributed by atoms with E-state index < -0.39 is 0 Å². The summed E-state index contributed by atoms with van der Waals surface area (Å²) in [6.45, 7) is 4.62. The maximum Gasteiger partial charge on any atom is 0.150 e. The van der Waals surface area contributed by atoms with Crippen molar-refractivity contribution in [2.75, 3.05) is 13.6 Å². The van der Waals surface area contributed by atoms with Gasteiger partial charge in [-0.2, -0.15) is 0 Å². The molecule has 94 valence electrons. The average molecular weight is 234 g/mol. The van der Waals surface area contributed by atoms with Gasteiger partial charge in [0.2, 0.25) is 0 Å². The lowest BCUT2D eigenvalue weighted by Crippen LogP contribution is -2.32. The van der Waals surface area contributed by atoms with E-state index in [9.17, 15) is 0 Å². The van der Waals surface area contributed by atoms with Crippen LogP contribution in [0.3, 0.4) is 0 Å². The summed E-state index contributed by atoms with van der Waals surface area (Å²) in [5.74, 6) is 3.19. The Balaban J connectivity index is 1.88. The van der Waals surface area contributed by atoms with Crippen LogP contribution >= 0.6 is 0 Å². The molecule has 4 nitrogen and oxygen atoms in total. The third-order valence-corrected chi connectivity index (χ3v) is 4.30. The van der Waals surface area contributed by atoms with E-state index in [1.54, 1.807) is 0 Å². The molecule has 3 heterocycles. The molecule has 0 bridgehead atoms. The Labute approximate surface area is 103 Å². The number of aromatic nitrogens is 3. The third kappa shape index (κ3) is 1.99. The van der Waals surface area contributed by atoms with Gasteiger partial charge in [-0.3, -0.25) is 4.90 Å². The van der Waals surface area contributed by atoms with Crippen LogP contribution in [0, 0.1) is 5.92 Å². The van der Waals surface area contributed by atoms with Crippen LogP contribution in [0.5, 0.6) is 0 Å². The summed E-state index contributed by atoms with van der Waals surface area (Å²) in [5, 5.41) is 8.88. The Kier molecular flexibility index (Phi) is 2.90. The summed E-state index contributed by atoms with van der Waals surface area (Å²) >= 11 is 0. The van der Waals surface area contributed by atoms with Crippen LogP contribution in [0.1, 0.15) is 50.3 Å². The van der Waals surface area contributed by atoms with Crippen LogP contribution in [-0.4, -0.2) is 33.3 Å². The molecule has 0 amide bonds. The minimum Gasteiger partial charge on any atom is -0.314 e. The Morgan fingerprint density at radius 2 is 2.00 bits per heavy atom. The number of hydrogen-bond acceptors (Lipinski definition) is 3. The molecule has 2 atom stereocenters. The van der Waals surface area contributed by atoms with Crippen molar-refractivity contribution < 1.29 is 0 Å². The molecule has 0 saturated carbocycles. The molecule has 1 fully saturated rings. The fourth-order valence-corrected chi connectivity index (χ4v) is 3.15. The maximum atomic E-state index is 4.48. The van der Waals surface area contributed by atoms with Gasteiger partial charge in [-0.05, 0) is 38.8 Å². The number of nitrogens with zero attached hydrogens (tertiary/aromatic N) is 4. The predicted molar refractivity (Wildman–Crippen MR) is 66.7 cm³/mol. The second kappa shape index (κ2) is 4.41. The molecule has 2 aliphatic rings. The van der Waals surface area contributed by atoms with E-state index in [1.165, 1.54) is 43.9 Å². The van der Waals surface area contributed by atoms with Gasteiger partial charge in [0, 0.05) is 13.0 Å². The molecule has 17 heavy (non-hydrogen) atoms. The second-order valence-electron chi connectivity index (χ2n) is 5.72. The van der Waals surface area contributed by atoms with Crippen LogP contribution in [0.2, 0.25) is 0 Å². The first kappa shape index (κ1) is 11.2. The van der Waals surface area contributed by atoms with Crippen molar-refractivity contribution in [1.82, 2.24) is 19.7 Å². The summed E-state index contributed by atoms with van der Waals surface area (Å²) < 4.78 is 2.38. The molecule has 0 N–H and O–H groups in total. The standard InChI is InChI=1S/C13H22N4/c1-10-6-8-17-12(9-10)14-15-13(17)11-5-3-4-7-16(11)2/h10-11H,3-9H2,1-2H3. The van der Waals surface area contributed by atoms with E-state index in [2.05, 4.69) is 33.6 Å². The lowest BCUT2D eigenvalue weighted by atomic mass is 9.98. The Morgan fingerprint density at radius 1 is 1.12 bits per heavy atom. The van der Waals surface area contributed by atoms with E-state index in [1.807, 2.05) is 0 Å².